The summed E-state index contributed by atoms with van der Waals surface area (Å²) in [5, 5.41) is 0. The van der Waals surface area contributed by atoms with Gasteiger partial charge in [0.25, 0.3) is 0 Å². The maximum atomic E-state index is 14.3. The second kappa shape index (κ2) is 10.7. The summed E-state index contributed by atoms with van der Waals surface area (Å²) in [5.41, 5.74) is 1.47. The van der Waals surface area contributed by atoms with Crippen molar-refractivity contribution in [2.24, 2.45) is 5.92 Å². The van der Waals surface area contributed by atoms with Gasteiger partial charge in [0.1, 0.15) is 5.75 Å². The highest BCUT2D eigenvalue weighted by atomic mass is 32.2. The van der Waals surface area contributed by atoms with Gasteiger partial charge in [0.05, 0.1) is 18.2 Å². The van der Waals surface area contributed by atoms with Crippen molar-refractivity contribution in [2.75, 3.05) is 19.4 Å². The fourth-order valence-electron chi connectivity index (χ4n) is 4.23. The molecule has 1 atom stereocenters. The first-order valence-electron chi connectivity index (χ1n) is 10.7. The summed E-state index contributed by atoms with van der Waals surface area (Å²) in [4.78, 5) is 14.3. The van der Waals surface area contributed by atoms with Gasteiger partial charge in [-0.05, 0) is 55.0 Å². The molecule has 7 heteroatoms. The van der Waals surface area contributed by atoms with E-state index in [1.165, 1.54) is 30.2 Å². The van der Waals surface area contributed by atoms with Crippen molar-refractivity contribution < 1.29 is 22.7 Å². The number of alkyl halides is 3. The van der Waals surface area contributed by atoms with E-state index in [-0.39, 0.29) is 23.5 Å². The lowest BCUT2D eigenvalue weighted by Crippen LogP contribution is -2.38. The number of nitrogens with zero attached hydrogens (tertiary/aromatic N) is 1. The molecule has 1 aliphatic rings. The Morgan fingerprint density at radius 1 is 1.24 bits per heavy atom. The summed E-state index contributed by atoms with van der Waals surface area (Å²) in [7, 11) is 0. The molecule has 0 aliphatic carbocycles. The molecule has 180 valence electrons. The Kier molecular flexibility index (Phi) is 8.69. The van der Waals surface area contributed by atoms with Crippen LogP contribution in [0.4, 0.5) is 13.2 Å². The fraction of sp³-hybridized carbons (Fsp3) is 0.423. The zero-order valence-corrected chi connectivity index (χ0v) is 20.5. The number of hydrogen-bond acceptors (Lipinski definition) is 4. The molecule has 0 amide bonds. The van der Waals surface area contributed by atoms with Gasteiger partial charge in [-0.3, -0.25) is 4.79 Å². The quantitative estimate of drug-likeness (QED) is 0.197. The Hall–Kier alpha value is -2.41. The molecule has 1 aromatic rings. The molecular formula is C26H32F3NO2S. The first-order valence-corrected chi connectivity index (χ1v) is 11.9. The van der Waals surface area contributed by atoms with E-state index >= 15 is 0 Å². The Labute approximate surface area is 199 Å². The summed E-state index contributed by atoms with van der Waals surface area (Å²) >= 11 is 1.56. The molecule has 1 aliphatic heterocycles. The summed E-state index contributed by atoms with van der Waals surface area (Å²) in [6.07, 6.45) is 2.06. The van der Waals surface area contributed by atoms with Crippen LogP contribution in [0.25, 0.3) is 0 Å². The van der Waals surface area contributed by atoms with Crippen molar-refractivity contribution >= 4 is 17.5 Å². The van der Waals surface area contributed by atoms with Crippen molar-refractivity contribution in [3.8, 4) is 5.75 Å². The molecule has 0 saturated heterocycles. The minimum atomic E-state index is -4.46. The minimum Gasteiger partial charge on any atom is -0.493 e. The summed E-state index contributed by atoms with van der Waals surface area (Å²) in [6, 6.07) is 3.99. The summed E-state index contributed by atoms with van der Waals surface area (Å²) in [6.45, 7) is 16.1. The molecule has 0 saturated carbocycles. The van der Waals surface area contributed by atoms with E-state index < -0.39 is 24.1 Å². The van der Waals surface area contributed by atoms with Crippen LogP contribution in [0.1, 0.15) is 38.3 Å². The van der Waals surface area contributed by atoms with Gasteiger partial charge in [0.15, 0.2) is 5.78 Å². The number of benzene rings is 1. The first kappa shape index (κ1) is 26.8. The van der Waals surface area contributed by atoms with Crippen LogP contribution >= 0.6 is 11.8 Å². The van der Waals surface area contributed by atoms with Crippen LogP contribution in [0.5, 0.6) is 5.75 Å². The van der Waals surface area contributed by atoms with Gasteiger partial charge in [-0.15, -0.1) is 11.8 Å². The Morgan fingerprint density at radius 2 is 1.91 bits per heavy atom. The SMILES string of the molecule is C=C/C(C(C)=O)=C(\C=C)N(C=C)CC(CC(C)(C)c1cc(SC)cc2c1OCC2)C(F)(F)F. The van der Waals surface area contributed by atoms with E-state index in [1.807, 2.05) is 32.2 Å². The Bertz CT molecular complexity index is 963. The fourth-order valence-corrected chi connectivity index (χ4v) is 4.72. The predicted molar refractivity (Wildman–Crippen MR) is 130 cm³/mol. The minimum absolute atomic E-state index is 0.164. The molecule has 0 fully saturated rings. The number of hydrogen-bond donors (Lipinski definition) is 0. The highest BCUT2D eigenvalue weighted by molar-refractivity contribution is 7.98. The number of rotatable bonds is 11. The van der Waals surface area contributed by atoms with Crippen LogP contribution in [0.15, 0.2) is 66.4 Å². The van der Waals surface area contributed by atoms with Gasteiger partial charge in [0.2, 0.25) is 0 Å². The zero-order valence-electron chi connectivity index (χ0n) is 19.7. The van der Waals surface area contributed by atoms with Gasteiger partial charge in [0, 0.05) is 29.0 Å². The van der Waals surface area contributed by atoms with Crippen LogP contribution in [0, 0.1) is 5.92 Å². The van der Waals surface area contributed by atoms with Crippen molar-refractivity contribution in [3.63, 3.8) is 0 Å². The molecule has 0 spiro atoms. The van der Waals surface area contributed by atoms with Gasteiger partial charge in [-0.2, -0.15) is 13.2 Å². The van der Waals surface area contributed by atoms with E-state index in [4.69, 9.17) is 4.74 Å². The second-order valence-corrected chi connectivity index (χ2v) is 9.57. The normalized spacial score (nSPS) is 15.1. The molecular weight excluding hydrogens is 447 g/mol. The molecule has 2 rings (SSSR count). The lowest BCUT2D eigenvalue weighted by Gasteiger charge is -2.35. The number of carbonyl (C=O) groups is 1. The molecule has 0 N–H and O–H groups in total. The highest BCUT2D eigenvalue weighted by Gasteiger charge is 2.45. The number of allylic oxidation sites excluding steroid dienone is 3. The number of fused-ring (bicyclic) bond motifs is 1. The molecule has 1 heterocycles. The van der Waals surface area contributed by atoms with Crippen LogP contribution in [0.2, 0.25) is 0 Å². The average Bonchev–Trinajstić information content (AvgIpc) is 3.21. The molecule has 0 radical (unpaired) electrons. The number of ether oxygens (including phenoxy) is 1. The Balaban J connectivity index is 2.47. The molecule has 33 heavy (non-hydrogen) atoms. The van der Waals surface area contributed by atoms with Crippen molar-refractivity contribution in [1.29, 1.82) is 0 Å². The molecule has 0 aromatic heterocycles. The van der Waals surface area contributed by atoms with E-state index in [1.54, 1.807) is 11.8 Å². The first-order chi connectivity index (χ1) is 15.4. The standard InChI is InChI=1S/C26H32F3NO2S/c1-8-21(17(4)31)23(9-2)30(10-3)16-19(26(27,28)29)15-25(5,6)22-14-20(33-7)13-18-11-12-32-24(18)22/h8-10,13-14,19H,1-3,11-12,15-16H2,4-7H3/b23-21-. The van der Waals surface area contributed by atoms with E-state index in [2.05, 4.69) is 19.7 Å². The van der Waals surface area contributed by atoms with E-state index in [0.717, 1.165) is 22.4 Å². The van der Waals surface area contributed by atoms with Crippen LogP contribution in [-0.2, 0) is 16.6 Å². The third-order valence-corrected chi connectivity index (χ3v) is 6.65. The van der Waals surface area contributed by atoms with Gasteiger partial charge < -0.3 is 9.64 Å². The smallest absolute Gasteiger partial charge is 0.393 e. The lowest BCUT2D eigenvalue weighted by atomic mass is 9.75. The number of halogens is 3. The monoisotopic (exact) mass is 479 g/mol. The second-order valence-electron chi connectivity index (χ2n) is 8.69. The van der Waals surface area contributed by atoms with Crippen molar-refractivity contribution in [1.82, 2.24) is 4.90 Å². The van der Waals surface area contributed by atoms with Crippen molar-refractivity contribution in [2.45, 2.75) is 50.1 Å². The number of ketones is 1. The maximum Gasteiger partial charge on any atom is 0.393 e. The summed E-state index contributed by atoms with van der Waals surface area (Å²) in [5.74, 6) is -1.29. The molecule has 3 nitrogen and oxygen atoms in total. The van der Waals surface area contributed by atoms with E-state index in [0.29, 0.717) is 12.4 Å². The van der Waals surface area contributed by atoms with Crippen LogP contribution in [0.3, 0.4) is 0 Å². The molecule has 0 bridgehead atoms. The number of thioether (sulfide) groups is 1. The topological polar surface area (TPSA) is 29.5 Å². The number of carbonyl (C=O) groups excluding carboxylic acids is 1. The van der Waals surface area contributed by atoms with Gasteiger partial charge in [-0.1, -0.05) is 39.7 Å². The van der Waals surface area contributed by atoms with Crippen LogP contribution in [-0.4, -0.2) is 36.3 Å². The number of Topliss-reactive ketones (excluding diaryl/α,β-unsaturated/α-hetero) is 1. The maximum absolute atomic E-state index is 14.3. The molecule has 1 unspecified atom stereocenters. The van der Waals surface area contributed by atoms with Crippen LogP contribution < -0.4 is 4.74 Å². The average molecular weight is 480 g/mol. The lowest BCUT2D eigenvalue weighted by molar-refractivity contribution is -0.181. The van der Waals surface area contributed by atoms with Crippen molar-refractivity contribution in [3.05, 3.63) is 72.6 Å². The largest absolute Gasteiger partial charge is 0.493 e. The molecule has 1 aromatic carbocycles. The Morgan fingerprint density at radius 3 is 2.39 bits per heavy atom. The van der Waals surface area contributed by atoms with Gasteiger partial charge >= 0.3 is 6.18 Å². The zero-order chi connectivity index (χ0) is 25.0. The highest BCUT2D eigenvalue weighted by Crippen LogP contribution is 2.45. The van der Waals surface area contributed by atoms with Gasteiger partial charge in [-0.25, -0.2) is 0 Å². The summed E-state index contributed by atoms with van der Waals surface area (Å²) < 4.78 is 48.6. The van der Waals surface area contributed by atoms with E-state index in [9.17, 15) is 18.0 Å². The predicted octanol–water partition coefficient (Wildman–Crippen LogP) is 6.85. The third-order valence-electron chi connectivity index (χ3n) is 5.94. The third kappa shape index (κ3) is 6.14.